The Morgan fingerprint density at radius 1 is 1.42 bits per heavy atom. The molecule has 0 aliphatic carbocycles. The second-order valence-electron chi connectivity index (χ2n) is 3.62. The third-order valence-electron chi connectivity index (χ3n) is 2.38. The summed E-state index contributed by atoms with van der Waals surface area (Å²) in [6.07, 6.45) is 0. The van der Waals surface area contributed by atoms with Gasteiger partial charge in [0.05, 0.1) is 18.5 Å². The molecule has 0 aliphatic heterocycles. The summed E-state index contributed by atoms with van der Waals surface area (Å²) in [4.78, 5) is 12.7. The maximum Gasteiger partial charge on any atom is 0.269 e. The number of methoxy groups -OCH3 is 1. The van der Waals surface area contributed by atoms with E-state index in [1.165, 1.54) is 18.4 Å². The maximum absolute atomic E-state index is 12.2. The Hall–Kier alpha value is -1.05. The van der Waals surface area contributed by atoms with Gasteiger partial charge < -0.3 is 15.8 Å². The van der Waals surface area contributed by atoms with Crippen LogP contribution < -0.4 is 15.8 Å². The SMILES string of the molecule is COc1ccsc1C(=O)Nc1c(N)cc(Br)cc1Br. The van der Waals surface area contributed by atoms with Gasteiger partial charge in [0.1, 0.15) is 10.6 Å². The van der Waals surface area contributed by atoms with Gasteiger partial charge in [0.15, 0.2) is 0 Å². The molecule has 19 heavy (non-hydrogen) atoms. The van der Waals surface area contributed by atoms with Crippen molar-refractivity contribution < 1.29 is 9.53 Å². The van der Waals surface area contributed by atoms with Crippen molar-refractivity contribution in [3.05, 3.63) is 37.4 Å². The molecule has 0 saturated carbocycles. The Labute approximate surface area is 131 Å². The van der Waals surface area contributed by atoms with E-state index in [1.807, 2.05) is 6.07 Å². The van der Waals surface area contributed by atoms with Crippen molar-refractivity contribution in [3.63, 3.8) is 0 Å². The molecule has 0 atom stereocenters. The molecule has 3 N–H and O–H groups in total. The van der Waals surface area contributed by atoms with Gasteiger partial charge in [-0.05, 0) is 39.5 Å². The summed E-state index contributed by atoms with van der Waals surface area (Å²) in [7, 11) is 1.53. The second-order valence-corrected chi connectivity index (χ2v) is 6.31. The highest BCUT2D eigenvalue weighted by molar-refractivity contribution is 9.11. The fourth-order valence-corrected chi connectivity index (χ4v) is 3.63. The minimum atomic E-state index is -0.249. The Balaban J connectivity index is 2.29. The number of halogens is 2. The molecular weight excluding hydrogens is 396 g/mol. The number of rotatable bonds is 3. The van der Waals surface area contributed by atoms with Crippen molar-refractivity contribution in [2.24, 2.45) is 0 Å². The third kappa shape index (κ3) is 3.10. The van der Waals surface area contributed by atoms with Crippen LogP contribution >= 0.6 is 43.2 Å². The van der Waals surface area contributed by atoms with Gasteiger partial charge in [-0.2, -0.15) is 0 Å². The largest absolute Gasteiger partial charge is 0.495 e. The first-order valence-corrected chi connectivity index (χ1v) is 7.67. The number of benzene rings is 1. The zero-order chi connectivity index (χ0) is 14.0. The zero-order valence-electron chi connectivity index (χ0n) is 9.87. The standard InChI is InChI=1S/C12H10Br2N2O2S/c1-18-9-2-3-19-11(9)12(17)16-10-7(14)4-6(13)5-8(10)15/h2-5H,15H2,1H3,(H,16,17). The number of nitrogens with one attached hydrogen (secondary N) is 1. The van der Waals surface area contributed by atoms with Gasteiger partial charge in [-0.1, -0.05) is 15.9 Å². The number of carbonyl (C=O) groups is 1. The Bertz CT molecular complexity index is 605. The molecule has 0 bridgehead atoms. The van der Waals surface area contributed by atoms with E-state index in [1.54, 1.807) is 17.5 Å². The first-order valence-electron chi connectivity index (χ1n) is 5.20. The highest BCUT2D eigenvalue weighted by atomic mass is 79.9. The van der Waals surface area contributed by atoms with Gasteiger partial charge in [-0.15, -0.1) is 11.3 Å². The van der Waals surface area contributed by atoms with Crippen molar-refractivity contribution >= 4 is 60.5 Å². The van der Waals surface area contributed by atoms with Crippen molar-refractivity contribution in [3.8, 4) is 5.75 Å². The predicted octanol–water partition coefficient (Wildman–Crippen LogP) is 4.12. The Kier molecular flexibility index (Phi) is 4.49. The van der Waals surface area contributed by atoms with Crippen molar-refractivity contribution in [2.45, 2.75) is 0 Å². The Morgan fingerprint density at radius 3 is 2.79 bits per heavy atom. The van der Waals surface area contributed by atoms with Gasteiger partial charge in [0, 0.05) is 8.95 Å². The molecule has 1 aromatic heterocycles. The van der Waals surface area contributed by atoms with Crippen molar-refractivity contribution in [1.82, 2.24) is 0 Å². The van der Waals surface area contributed by atoms with E-state index in [0.717, 1.165) is 4.47 Å². The number of hydrogen-bond acceptors (Lipinski definition) is 4. The van der Waals surface area contributed by atoms with E-state index >= 15 is 0 Å². The van der Waals surface area contributed by atoms with Gasteiger partial charge in [0.2, 0.25) is 0 Å². The number of anilines is 2. The molecule has 100 valence electrons. The lowest BCUT2D eigenvalue weighted by atomic mass is 10.2. The molecule has 7 heteroatoms. The van der Waals surface area contributed by atoms with E-state index in [2.05, 4.69) is 37.2 Å². The summed E-state index contributed by atoms with van der Waals surface area (Å²) >= 11 is 8.02. The van der Waals surface area contributed by atoms with Crippen molar-refractivity contribution in [2.75, 3.05) is 18.2 Å². The average molecular weight is 406 g/mol. The van der Waals surface area contributed by atoms with Gasteiger partial charge >= 0.3 is 0 Å². The molecule has 1 amide bonds. The number of ether oxygens (including phenoxy) is 1. The smallest absolute Gasteiger partial charge is 0.269 e. The van der Waals surface area contributed by atoms with Crippen LogP contribution in [0.4, 0.5) is 11.4 Å². The molecule has 0 saturated heterocycles. The molecule has 2 aromatic rings. The minimum absolute atomic E-state index is 0.249. The van der Waals surface area contributed by atoms with E-state index in [9.17, 15) is 4.79 Å². The summed E-state index contributed by atoms with van der Waals surface area (Å²) in [5, 5.41) is 4.58. The number of hydrogen-bond donors (Lipinski definition) is 2. The molecule has 4 nitrogen and oxygen atoms in total. The van der Waals surface area contributed by atoms with Crippen LogP contribution in [0.1, 0.15) is 9.67 Å². The van der Waals surface area contributed by atoms with E-state index in [4.69, 9.17) is 10.5 Å². The quantitative estimate of drug-likeness (QED) is 0.755. The molecule has 1 heterocycles. The lowest BCUT2D eigenvalue weighted by Gasteiger charge is -2.11. The Morgan fingerprint density at radius 2 is 2.16 bits per heavy atom. The fourth-order valence-electron chi connectivity index (χ4n) is 1.52. The summed E-state index contributed by atoms with van der Waals surface area (Å²) in [5.41, 5.74) is 6.91. The first kappa shape index (κ1) is 14.4. The molecule has 0 spiro atoms. The minimum Gasteiger partial charge on any atom is -0.495 e. The van der Waals surface area contributed by atoms with Crippen LogP contribution in [-0.4, -0.2) is 13.0 Å². The lowest BCUT2D eigenvalue weighted by molar-refractivity contribution is 0.102. The summed E-state index contributed by atoms with van der Waals surface area (Å²) in [6, 6.07) is 5.29. The summed E-state index contributed by atoms with van der Waals surface area (Å²) in [6.45, 7) is 0. The van der Waals surface area contributed by atoms with Crippen LogP contribution in [0.15, 0.2) is 32.5 Å². The van der Waals surface area contributed by atoms with E-state index in [0.29, 0.717) is 26.5 Å². The van der Waals surface area contributed by atoms with Crippen LogP contribution in [0.25, 0.3) is 0 Å². The monoisotopic (exact) mass is 404 g/mol. The molecule has 1 aromatic carbocycles. The number of carbonyl (C=O) groups excluding carboxylic acids is 1. The summed E-state index contributed by atoms with van der Waals surface area (Å²) < 4.78 is 6.67. The maximum atomic E-state index is 12.2. The number of nitrogens with two attached hydrogens (primary N) is 1. The number of thiophene rings is 1. The van der Waals surface area contributed by atoms with Gasteiger partial charge in [0.25, 0.3) is 5.91 Å². The number of nitrogen functional groups attached to an aromatic ring is 1. The van der Waals surface area contributed by atoms with Crippen LogP contribution in [0.3, 0.4) is 0 Å². The van der Waals surface area contributed by atoms with Gasteiger partial charge in [-0.3, -0.25) is 4.79 Å². The molecule has 2 rings (SSSR count). The van der Waals surface area contributed by atoms with Gasteiger partial charge in [-0.25, -0.2) is 0 Å². The molecule has 0 radical (unpaired) electrons. The third-order valence-corrected chi connectivity index (χ3v) is 4.36. The first-order chi connectivity index (χ1) is 9.02. The van der Waals surface area contributed by atoms with Crippen molar-refractivity contribution in [1.29, 1.82) is 0 Å². The fraction of sp³-hybridized carbons (Fsp3) is 0.0833. The molecular formula is C12H10Br2N2O2S. The number of amides is 1. The van der Waals surface area contributed by atoms with E-state index < -0.39 is 0 Å². The highest BCUT2D eigenvalue weighted by Crippen LogP contribution is 2.34. The van der Waals surface area contributed by atoms with E-state index in [-0.39, 0.29) is 5.91 Å². The zero-order valence-corrected chi connectivity index (χ0v) is 13.9. The van der Waals surface area contributed by atoms with Crippen LogP contribution in [0.5, 0.6) is 5.75 Å². The molecule has 0 unspecified atom stereocenters. The molecule has 0 fully saturated rings. The topological polar surface area (TPSA) is 64.3 Å². The van der Waals surface area contributed by atoms with Crippen LogP contribution in [-0.2, 0) is 0 Å². The molecule has 0 aliphatic rings. The predicted molar refractivity (Wildman–Crippen MR) is 85.1 cm³/mol. The lowest BCUT2D eigenvalue weighted by Crippen LogP contribution is -2.13. The normalized spacial score (nSPS) is 10.3. The average Bonchev–Trinajstić information content (AvgIpc) is 2.81. The van der Waals surface area contributed by atoms with Crippen LogP contribution in [0, 0.1) is 0 Å². The highest BCUT2D eigenvalue weighted by Gasteiger charge is 2.16. The van der Waals surface area contributed by atoms with Crippen LogP contribution in [0.2, 0.25) is 0 Å². The summed E-state index contributed by atoms with van der Waals surface area (Å²) in [5.74, 6) is 0.302. The second kappa shape index (κ2) is 5.94.